The van der Waals surface area contributed by atoms with Crippen molar-refractivity contribution < 1.29 is 8.83 Å². The highest BCUT2D eigenvalue weighted by Crippen LogP contribution is 2.37. The van der Waals surface area contributed by atoms with Crippen molar-refractivity contribution in [3.8, 4) is 33.8 Å². The van der Waals surface area contributed by atoms with Crippen molar-refractivity contribution in [2.45, 2.75) is 0 Å². The van der Waals surface area contributed by atoms with Gasteiger partial charge in [0.2, 0.25) is 0 Å². The molecule has 0 spiro atoms. The molecular formula is C40H23N3O2. The number of rotatable bonds is 3. The smallest absolute Gasteiger partial charge is 0.164 e. The summed E-state index contributed by atoms with van der Waals surface area (Å²) < 4.78 is 14.7. The van der Waals surface area contributed by atoms with Gasteiger partial charge in [-0.1, -0.05) is 84.9 Å². The standard InChI is InChI=1S/C40H23N3O2/c1-2-8-25-19-27(14-13-24(25)7-1)34-22-41-40-39(28-16-18-32-30-10-4-6-12-36(30)45-38(32)21-28)42-33(23-43(34)40)26-15-17-31-29-9-3-5-11-35(29)44-37(31)20-26/h1-23H. The molecule has 0 fully saturated rings. The predicted octanol–water partition coefficient (Wildman–Crippen LogP) is 10.7. The number of nitrogens with zero attached hydrogens (tertiary/aromatic N) is 3. The molecule has 45 heavy (non-hydrogen) atoms. The van der Waals surface area contributed by atoms with Crippen LogP contribution in [0.2, 0.25) is 0 Å². The number of fused-ring (bicyclic) bond motifs is 8. The molecule has 0 unspecified atom stereocenters. The maximum Gasteiger partial charge on any atom is 0.164 e. The maximum atomic E-state index is 6.27. The molecule has 10 rings (SSSR count). The van der Waals surface area contributed by atoms with Crippen LogP contribution in [0.4, 0.5) is 0 Å². The van der Waals surface area contributed by atoms with Crippen LogP contribution >= 0.6 is 0 Å². The van der Waals surface area contributed by atoms with Crippen LogP contribution in [0.5, 0.6) is 0 Å². The van der Waals surface area contributed by atoms with Gasteiger partial charge in [-0.3, -0.25) is 4.40 Å². The molecule has 0 aliphatic heterocycles. The Morgan fingerprint density at radius 2 is 1.09 bits per heavy atom. The molecule has 0 bridgehead atoms. The van der Waals surface area contributed by atoms with E-state index in [4.69, 9.17) is 18.8 Å². The van der Waals surface area contributed by atoms with Crippen LogP contribution in [0.15, 0.2) is 149 Å². The third-order valence-electron chi connectivity index (χ3n) is 8.86. The fourth-order valence-corrected chi connectivity index (χ4v) is 6.64. The summed E-state index contributed by atoms with van der Waals surface area (Å²) in [6.45, 7) is 0. The van der Waals surface area contributed by atoms with Crippen LogP contribution < -0.4 is 0 Å². The Morgan fingerprint density at radius 1 is 0.489 bits per heavy atom. The number of para-hydroxylation sites is 2. The molecule has 6 aromatic carbocycles. The summed E-state index contributed by atoms with van der Waals surface area (Å²) in [5.74, 6) is 0. The fraction of sp³-hybridized carbons (Fsp3) is 0. The van der Waals surface area contributed by atoms with E-state index < -0.39 is 0 Å². The Hall–Kier alpha value is -6.20. The fourth-order valence-electron chi connectivity index (χ4n) is 6.64. The Labute approximate surface area is 256 Å². The predicted molar refractivity (Wildman–Crippen MR) is 181 cm³/mol. The lowest BCUT2D eigenvalue weighted by Crippen LogP contribution is -1.98. The normalized spacial score (nSPS) is 12.0. The van der Waals surface area contributed by atoms with E-state index in [1.54, 1.807) is 0 Å². The molecule has 5 heteroatoms. The number of aromatic nitrogens is 3. The highest BCUT2D eigenvalue weighted by atomic mass is 16.3. The van der Waals surface area contributed by atoms with Crippen molar-refractivity contribution in [3.05, 3.63) is 140 Å². The Balaban J connectivity index is 1.22. The molecule has 4 aromatic heterocycles. The van der Waals surface area contributed by atoms with Crippen molar-refractivity contribution >= 4 is 60.3 Å². The van der Waals surface area contributed by atoms with Crippen LogP contribution in [0.3, 0.4) is 0 Å². The van der Waals surface area contributed by atoms with Gasteiger partial charge in [0.15, 0.2) is 5.65 Å². The second-order valence-electron chi connectivity index (χ2n) is 11.5. The number of benzene rings is 6. The van der Waals surface area contributed by atoms with E-state index in [0.29, 0.717) is 0 Å². The average Bonchev–Trinajstić information content (AvgIpc) is 3.80. The van der Waals surface area contributed by atoms with Gasteiger partial charge in [0.25, 0.3) is 0 Å². The Kier molecular flexibility index (Phi) is 4.93. The Bertz CT molecular complexity index is 2780. The largest absolute Gasteiger partial charge is 0.456 e. The quantitative estimate of drug-likeness (QED) is 0.210. The second kappa shape index (κ2) is 9.15. The summed E-state index contributed by atoms with van der Waals surface area (Å²) in [5, 5.41) is 6.77. The van der Waals surface area contributed by atoms with Crippen molar-refractivity contribution in [2.75, 3.05) is 0 Å². The molecule has 0 aliphatic rings. The molecule has 0 amide bonds. The van der Waals surface area contributed by atoms with Crippen LogP contribution in [-0.2, 0) is 0 Å². The SMILES string of the molecule is c1ccc2cc(-c3cnc4c(-c5ccc6c(c5)oc5ccccc56)nc(-c5ccc6c(c5)oc5ccccc56)cn34)ccc2c1. The lowest BCUT2D eigenvalue weighted by molar-refractivity contribution is 0.668. The van der Waals surface area contributed by atoms with Crippen LogP contribution in [-0.4, -0.2) is 14.4 Å². The van der Waals surface area contributed by atoms with E-state index in [-0.39, 0.29) is 0 Å². The molecule has 0 atom stereocenters. The lowest BCUT2D eigenvalue weighted by atomic mass is 10.0. The van der Waals surface area contributed by atoms with Gasteiger partial charge in [-0.15, -0.1) is 0 Å². The van der Waals surface area contributed by atoms with Crippen molar-refractivity contribution in [2.24, 2.45) is 0 Å². The summed E-state index contributed by atoms with van der Waals surface area (Å²) in [4.78, 5) is 10.2. The second-order valence-corrected chi connectivity index (χ2v) is 11.5. The van der Waals surface area contributed by atoms with Gasteiger partial charge >= 0.3 is 0 Å². The van der Waals surface area contributed by atoms with Gasteiger partial charge in [0.05, 0.1) is 17.6 Å². The minimum absolute atomic E-state index is 0.780. The molecule has 5 nitrogen and oxygen atoms in total. The summed E-state index contributed by atoms with van der Waals surface area (Å²) in [5.41, 5.74) is 9.78. The summed E-state index contributed by atoms with van der Waals surface area (Å²) >= 11 is 0. The zero-order valence-electron chi connectivity index (χ0n) is 23.9. The molecule has 0 aliphatic carbocycles. The third-order valence-corrected chi connectivity index (χ3v) is 8.86. The molecule has 0 saturated heterocycles. The topological polar surface area (TPSA) is 56.5 Å². The zero-order chi connectivity index (χ0) is 29.5. The van der Waals surface area contributed by atoms with Gasteiger partial charge in [-0.2, -0.15) is 0 Å². The molecule has 10 aromatic rings. The average molecular weight is 578 g/mol. The van der Waals surface area contributed by atoms with E-state index in [1.165, 1.54) is 10.8 Å². The molecular weight excluding hydrogens is 554 g/mol. The lowest BCUT2D eigenvalue weighted by Gasteiger charge is -2.11. The van der Waals surface area contributed by atoms with E-state index in [1.807, 2.05) is 42.6 Å². The number of hydrogen-bond acceptors (Lipinski definition) is 4. The van der Waals surface area contributed by atoms with E-state index in [9.17, 15) is 0 Å². The van der Waals surface area contributed by atoms with Crippen molar-refractivity contribution in [1.29, 1.82) is 0 Å². The Morgan fingerprint density at radius 3 is 1.84 bits per heavy atom. The molecule has 0 radical (unpaired) electrons. The van der Waals surface area contributed by atoms with E-state index in [0.717, 1.165) is 83.3 Å². The number of furan rings is 2. The maximum absolute atomic E-state index is 6.27. The minimum Gasteiger partial charge on any atom is -0.456 e. The number of imidazole rings is 1. The first-order valence-corrected chi connectivity index (χ1v) is 15.0. The molecule has 0 saturated carbocycles. The first kappa shape index (κ1) is 24.3. The molecule has 4 heterocycles. The van der Waals surface area contributed by atoms with E-state index >= 15 is 0 Å². The highest BCUT2D eigenvalue weighted by Gasteiger charge is 2.18. The van der Waals surface area contributed by atoms with E-state index in [2.05, 4.69) is 102 Å². The molecule has 210 valence electrons. The summed E-state index contributed by atoms with van der Waals surface area (Å²) in [6, 6.07) is 43.9. The zero-order valence-corrected chi connectivity index (χ0v) is 23.9. The first-order valence-electron chi connectivity index (χ1n) is 15.0. The van der Waals surface area contributed by atoms with Gasteiger partial charge in [0, 0.05) is 44.4 Å². The number of hydrogen-bond donors (Lipinski definition) is 0. The summed E-state index contributed by atoms with van der Waals surface area (Å²) in [6.07, 6.45) is 4.02. The molecule has 0 N–H and O–H groups in total. The van der Waals surface area contributed by atoms with Gasteiger partial charge in [0.1, 0.15) is 28.0 Å². The van der Waals surface area contributed by atoms with Crippen LogP contribution in [0.25, 0.3) is 94.1 Å². The first-order chi connectivity index (χ1) is 22.3. The van der Waals surface area contributed by atoms with Gasteiger partial charge in [-0.25, -0.2) is 9.97 Å². The van der Waals surface area contributed by atoms with Gasteiger partial charge < -0.3 is 8.83 Å². The third kappa shape index (κ3) is 3.68. The van der Waals surface area contributed by atoms with Gasteiger partial charge in [-0.05, 0) is 53.2 Å². The van der Waals surface area contributed by atoms with Crippen molar-refractivity contribution in [1.82, 2.24) is 14.4 Å². The monoisotopic (exact) mass is 577 g/mol. The van der Waals surface area contributed by atoms with Crippen LogP contribution in [0, 0.1) is 0 Å². The summed E-state index contributed by atoms with van der Waals surface area (Å²) in [7, 11) is 0. The minimum atomic E-state index is 0.780. The van der Waals surface area contributed by atoms with Crippen LogP contribution in [0.1, 0.15) is 0 Å². The highest BCUT2D eigenvalue weighted by molar-refractivity contribution is 6.07. The van der Waals surface area contributed by atoms with Crippen molar-refractivity contribution in [3.63, 3.8) is 0 Å².